The first-order valence-electron chi connectivity index (χ1n) is 9.07. The average Bonchev–Trinajstić information content (AvgIpc) is 3.10. The summed E-state index contributed by atoms with van der Waals surface area (Å²) >= 11 is 0. The Morgan fingerprint density at radius 3 is 2.71 bits per heavy atom. The molecule has 0 aliphatic rings. The molecule has 0 spiro atoms. The number of nitrogens with zero attached hydrogens (tertiary/aromatic N) is 3. The molecule has 1 amide bonds. The van der Waals surface area contributed by atoms with Crippen LogP contribution >= 0.6 is 0 Å². The van der Waals surface area contributed by atoms with Crippen molar-refractivity contribution in [1.29, 1.82) is 0 Å². The van der Waals surface area contributed by atoms with E-state index in [9.17, 15) is 9.18 Å². The fourth-order valence-corrected chi connectivity index (χ4v) is 3.19. The van der Waals surface area contributed by atoms with Gasteiger partial charge < -0.3 is 9.88 Å². The highest BCUT2D eigenvalue weighted by Crippen LogP contribution is 2.25. The van der Waals surface area contributed by atoms with E-state index in [1.807, 2.05) is 41.0 Å². The lowest BCUT2D eigenvalue weighted by molar-refractivity contribution is -0.121. The van der Waals surface area contributed by atoms with Crippen molar-refractivity contribution in [3.05, 3.63) is 84.4 Å². The molecule has 0 saturated heterocycles. The Labute approximate surface area is 161 Å². The highest BCUT2D eigenvalue weighted by molar-refractivity contribution is 5.83. The Bertz CT molecular complexity index is 1110. The lowest BCUT2D eigenvalue weighted by atomic mass is 10.2. The van der Waals surface area contributed by atoms with Gasteiger partial charge in [0, 0.05) is 37.3 Å². The predicted molar refractivity (Wildman–Crippen MR) is 106 cm³/mol. The molecule has 1 aromatic carbocycles. The molecule has 3 heterocycles. The van der Waals surface area contributed by atoms with Crippen molar-refractivity contribution in [3.63, 3.8) is 0 Å². The van der Waals surface area contributed by atoms with Crippen LogP contribution in [0.25, 0.3) is 22.4 Å². The molecule has 0 aliphatic carbocycles. The largest absolute Gasteiger partial charge is 0.352 e. The molecule has 5 nitrogen and oxygen atoms in total. The maximum absolute atomic E-state index is 13.3. The van der Waals surface area contributed by atoms with Crippen LogP contribution in [0.3, 0.4) is 0 Å². The summed E-state index contributed by atoms with van der Waals surface area (Å²) in [6.45, 7) is 0.774. The van der Waals surface area contributed by atoms with Gasteiger partial charge in [0.2, 0.25) is 5.91 Å². The van der Waals surface area contributed by atoms with Crippen molar-refractivity contribution in [2.45, 2.75) is 19.5 Å². The van der Waals surface area contributed by atoms with Crippen molar-refractivity contribution in [2.24, 2.45) is 0 Å². The lowest BCUT2D eigenvalue weighted by Crippen LogP contribution is -2.24. The standard InChI is InChI=1S/C22H19FN4O/c23-18-7-3-5-16(13-18)15-26-21(28)9-12-27-20(19-8-1-2-10-24-19)14-17-6-4-11-25-22(17)27/h1-8,10-11,13-14H,9,12,15H2,(H,26,28). The number of hydrogen-bond donors (Lipinski definition) is 1. The molecule has 4 rings (SSSR count). The second-order valence-electron chi connectivity index (χ2n) is 6.47. The average molecular weight is 374 g/mol. The molecule has 3 aromatic heterocycles. The summed E-state index contributed by atoms with van der Waals surface area (Å²) in [7, 11) is 0. The van der Waals surface area contributed by atoms with Crippen LogP contribution in [0.5, 0.6) is 0 Å². The fraction of sp³-hybridized carbons (Fsp3) is 0.136. The third-order valence-electron chi connectivity index (χ3n) is 4.52. The van der Waals surface area contributed by atoms with Gasteiger partial charge >= 0.3 is 0 Å². The lowest BCUT2D eigenvalue weighted by Gasteiger charge is -2.10. The minimum absolute atomic E-state index is 0.103. The van der Waals surface area contributed by atoms with Gasteiger partial charge in [-0.3, -0.25) is 9.78 Å². The van der Waals surface area contributed by atoms with Crippen molar-refractivity contribution in [1.82, 2.24) is 19.9 Å². The molecule has 0 bridgehead atoms. The topological polar surface area (TPSA) is 59.8 Å². The quantitative estimate of drug-likeness (QED) is 0.556. The van der Waals surface area contributed by atoms with E-state index in [-0.39, 0.29) is 18.1 Å². The van der Waals surface area contributed by atoms with E-state index in [1.54, 1.807) is 24.5 Å². The predicted octanol–water partition coefficient (Wildman–Crippen LogP) is 3.94. The van der Waals surface area contributed by atoms with Crippen LogP contribution in [0.4, 0.5) is 4.39 Å². The molecule has 0 atom stereocenters. The van der Waals surface area contributed by atoms with Crippen LogP contribution in [0, 0.1) is 5.82 Å². The van der Waals surface area contributed by atoms with E-state index in [0.29, 0.717) is 13.1 Å². The summed E-state index contributed by atoms with van der Waals surface area (Å²) in [5.41, 5.74) is 3.31. The Morgan fingerprint density at radius 2 is 1.89 bits per heavy atom. The zero-order valence-electron chi connectivity index (χ0n) is 15.2. The van der Waals surface area contributed by atoms with Gasteiger partial charge in [0.25, 0.3) is 0 Å². The number of benzene rings is 1. The first kappa shape index (κ1) is 17.9. The highest BCUT2D eigenvalue weighted by Gasteiger charge is 2.13. The van der Waals surface area contributed by atoms with Gasteiger partial charge in [-0.1, -0.05) is 18.2 Å². The third-order valence-corrected chi connectivity index (χ3v) is 4.52. The number of carbonyl (C=O) groups excluding carboxylic acids is 1. The van der Waals surface area contributed by atoms with Gasteiger partial charge in [-0.2, -0.15) is 0 Å². The molecule has 0 aliphatic heterocycles. The number of carbonyl (C=O) groups is 1. The van der Waals surface area contributed by atoms with Crippen molar-refractivity contribution >= 4 is 16.9 Å². The Kier molecular flexibility index (Phi) is 5.10. The molecule has 4 aromatic rings. The zero-order valence-corrected chi connectivity index (χ0v) is 15.2. The van der Waals surface area contributed by atoms with E-state index in [1.165, 1.54) is 12.1 Å². The van der Waals surface area contributed by atoms with E-state index >= 15 is 0 Å². The monoisotopic (exact) mass is 374 g/mol. The van der Waals surface area contributed by atoms with Crippen LogP contribution in [-0.2, 0) is 17.9 Å². The summed E-state index contributed by atoms with van der Waals surface area (Å²) < 4.78 is 15.3. The molecule has 0 unspecified atom stereocenters. The van der Waals surface area contributed by atoms with Gasteiger partial charge in [-0.25, -0.2) is 9.37 Å². The normalized spacial score (nSPS) is 10.9. The number of fused-ring (bicyclic) bond motifs is 1. The Balaban J connectivity index is 1.50. The summed E-state index contributed by atoms with van der Waals surface area (Å²) in [6, 6.07) is 17.9. The maximum atomic E-state index is 13.3. The zero-order chi connectivity index (χ0) is 19.3. The molecule has 28 heavy (non-hydrogen) atoms. The van der Waals surface area contributed by atoms with Gasteiger partial charge in [-0.15, -0.1) is 0 Å². The minimum atomic E-state index is -0.309. The van der Waals surface area contributed by atoms with Gasteiger partial charge in [0.15, 0.2) is 0 Å². The second-order valence-corrected chi connectivity index (χ2v) is 6.47. The van der Waals surface area contributed by atoms with E-state index in [0.717, 1.165) is 28.0 Å². The minimum Gasteiger partial charge on any atom is -0.352 e. The summed E-state index contributed by atoms with van der Waals surface area (Å²) in [5, 5.41) is 3.84. The van der Waals surface area contributed by atoms with E-state index in [4.69, 9.17) is 0 Å². The molecule has 0 fully saturated rings. The molecule has 0 saturated carbocycles. The molecule has 1 N–H and O–H groups in total. The number of pyridine rings is 2. The second kappa shape index (κ2) is 8.00. The maximum Gasteiger partial charge on any atom is 0.222 e. The van der Waals surface area contributed by atoms with Gasteiger partial charge in [-0.05, 0) is 48.0 Å². The number of aryl methyl sites for hydroxylation is 1. The molecule has 0 radical (unpaired) electrons. The number of hydrogen-bond acceptors (Lipinski definition) is 3. The number of amides is 1. The van der Waals surface area contributed by atoms with Crippen LogP contribution in [0.1, 0.15) is 12.0 Å². The Morgan fingerprint density at radius 1 is 1.00 bits per heavy atom. The van der Waals surface area contributed by atoms with Crippen LogP contribution in [-0.4, -0.2) is 20.4 Å². The molecule has 140 valence electrons. The molecular weight excluding hydrogens is 355 g/mol. The number of rotatable bonds is 6. The fourth-order valence-electron chi connectivity index (χ4n) is 3.19. The highest BCUT2D eigenvalue weighted by atomic mass is 19.1. The number of halogens is 1. The third kappa shape index (κ3) is 3.91. The number of nitrogens with one attached hydrogen (secondary N) is 1. The smallest absolute Gasteiger partial charge is 0.222 e. The van der Waals surface area contributed by atoms with Crippen LogP contribution in [0.2, 0.25) is 0 Å². The van der Waals surface area contributed by atoms with Crippen molar-refractivity contribution in [2.75, 3.05) is 0 Å². The summed E-state index contributed by atoms with van der Waals surface area (Å²) in [5.74, 6) is -0.411. The van der Waals surface area contributed by atoms with Crippen LogP contribution in [0.15, 0.2) is 73.1 Å². The summed E-state index contributed by atoms with van der Waals surface area (Å²) in [6.07, 6.45) is 3.77. The van der Waals surface area contributed by atoms with Gasteiger partial charge in [0.1, 0.15) is 11.5 Å². The summed E-state index contributed by atoms with van der Waals surface area (Å²) in [4.78, 5) is 21.2. The molecule has 6 heteroatoms. The van der Waals surface area contributed by atoms with Crippen LogP contribution < -0.4 is 5.32 Å². The van der Waals surface area contributed by atoms with Gasteiger partial charge in [0.05, 0.1) is 11.4 Å². The van der Waals surface area contributed by atoms with E-state index in [2.05, 4.69) is 15.3 Å². The Hall–Kier alpha value is -3.54. The number of aromatic nitrogens is 3. The first-order valence-corrected chi connectivity index (χ1v) is 9.07. The molecular formula is C22H19FN4O. The SMILES string of the molecule is O=C(CCn1c(-c2ccccn2)cc2cccnc21)NCc1cccc(F)c1. The van der Waals surface area contributed by atoms with Crippen molar-refractivity contribution < 1.29 is 9.18 Å². The van der Waals surface area contributed by atoms with E-state index < -0.39 is 0 Å². The van der Waals surface area contributed by atoms with Crippen molar-refractivity contribution in [3.8, 4) is 11.4 Å². The first-order chi connectivity index (χ1) is 13.7.